The Morgan fingerprint density at radius 3 is 2.00 bits per heavy atom. The van der Waals surface area contributed by atoms with Gasteiger partial charge in [0.25, 0.3) is 0 Å². The largest absolute Gasteiger partial charge is 0.302 e. The lowest BCUT2D eigenvalue weighted by atomic mass is 10.1. The highest BCUT2D eigenvalue weighted by Gasteiger charge is 2.12. The van der Waals surface area contributed by atoms with E-state index in [1.54, 1.807) is 12.1 Å². The predicted molar refractivity (Wildman–Crippen MR) is 81.5 cm³/mol. The van der Waals surface area contributed by atoms with Gasteiger partial charge in [0.1, 0.15) is 5.82 Å². The Balaban J connectivity index is 2.53. The number of hydrogen-bond donors (Lipinski definition) is 0. The lowest BCUT2D eigenvalue weighted by Crippen LogP contribution is -2.33. The second kappa shape index (κ2) is 8.15. The average Bonchev–Trinajstić information content (AvgIpc) is 2.35. The molecule has 0 aliphatic heterocycles. The lowest BCUT2D eigenvalue weighted by Gasteiger charge is -2.25. The van der Waals surface area contributed by atoms with Gasteiger partial charge in [-0.25, -0.2) is 4.39 Å². The fraction of sp³-hybridized carbons (Fsp3) is 0.588. The van der Waals surface area contributed by atoms with Crippen molar-refractivity contribution >= 4 is 5.78 Å². The van der Waals surface area contributed by atoms with Crippen LogP contribution in [-0.2, 0) is 0 Å². The van der Waals surface area contributed by atoms with Crippen LogP contribution in [0.3, 0.4) is 0 Å². The van der Waals surface area contributed by atoms with E-state index in [9.17, 15) is 9.18 Å². The van der Waals surface area contributed by atoms with Gasteiger partial charge in [0.2, 0.25) is 0 Å². The van der Waals surface area contributed by atoms with Crippen molar-refractivity contribution in [2.24, 2.45) is 11.8 Å². The number of nitrogens with zero attached hydrogens (tertiary/aromatic N) is 1. The fourth-order valence-electron chi connectivity index (χ4n) is 2.33. The SMILES string of the molecule is CC(C)CN(CCC(=O)c1ccc(F)cc1)CC(C)C. The number of benzene rings is 1. The minimum atomic E-state index is -0.303. The molecular weight excluding hydrogens is 253 g/mol. The van der Waals surface area contributed by atoms with Gasteiger partial charge in [-0.15, -0.1) is 0 Å². The molecule has 0 amide bonds. The Kier molecular flexibility index (Phi) is 6.86. The van der Waals surface area contributed by atoms with Crippen LogP contribution in [0.15, 0.2) is 24.3 Å². The van der Waals surface area contributed by atoms with Gasteiger partial charge in [0.05, 0.1) is 0 Å². The molecule has 1 aromatic rings. The van der Waals surface area contributed by atoms with Crippen molar-refractivity contribution < 1.29 is 9.18 Å². The smallest absolute Gasteiger partial charge is 0.164 e. The molecule has 0 aliphatic rings. The molecule has 2 nitrogen and oxygen atoms in total. The van der Waals surface area contributed by atoms with Crippen LogP contribution in [0.1, 0.15) is 44.5 Å². The standard InChI is InChI=1S/C17H26FNO/c1-13(2)11-19(12-14(3)4)10-9-17(20)15-5-7-16(18)8-6-15/h5-8,13-14H,9-12H2,1-4H3. The van der Waals surface area contributed by atoms with Crippen molar-refractivity contribution in [2.45, 2.75) is 34.1 Å². The maximum absolute atomic E-state index is 12.8. The van der Waals surface area contributed by atoms with E-state index in [1.807, 2.05) is 0 Å². The minimum absolute atomic E-state index is 0.0857. The maximum atomic E-state index is 12.8. The molecule has 0 bridgehead atoms. The van der Waals surface area contributed by atoms with Gasteiger partial charge < -0.3 is 4.90 Å². The molecular formula is C17H26FNO. The number of halogens is 1. The van der Waals surface area contributed by atoms with Crippen molar-refractivity contribution in [3.8, 4) is 0 Å². The molecule has 1 aromatic carbocycles. The molecule has 112 valence electrons. The van der Waals surface area contributed by atoms with E-state index in [4.69, 9.17) is 0 Å². The van der Waals surface area contributed by atoms with Gasteiger partial charge in [0, 0.05) is 31.6 Å². The Labute approximate surface area is 122 Å². The van der Waals surface area contributed by atoms with Gasteiger partial charge in [0.15, 0.2) is 5.78 Å². The molecule has 0 aliphatic carbocycles. The second-order valence-electron chi connectivity index (χ2n) is 6.23. The number of carbonyl (C=O) groups excluding carboxylic acids is 1. The summed E-state index contributed by atoms with van der Waals surface area (Å²) in [5.74, 6) is 0.967. The van der Waals surface area contributed by atoms with E-state index in [1.165, 1.54) is 12.1 Å². The van der Waals surface area contributed by atoms with Crippen molar-refractivity contribution in [2.75, 3.05) is 19.6 Å². The highest BCUT2D eigenvalue weighted by molar-refractivity contribution is 5.96. The molecule has 0 saturated carbocycles. The number of Topliss-reactive ketones (excluding diaryl/α,β-unsaturated/α-hetero) is 1. The van der Waals surface area contributed by atoms with Crippen molar-refractivity contribution in [1.29, 1.82) is 0 Å². The Morgan fingerprint density at radius 2 is 1.55 bits per heavy atom. The van der Waals surface area contributed by atoms with Crippen molar-refractivity contribution in [3.05, 3.63) is 35.6 Å². The molecule has 20 heavy (non-hydrogen) atoms. The van der Waals surface area contributed by atoms with Crippen LogP contribution in [0.4, 0.5) is 4.39 Å². The highest BCUT2D eigenvalue weighted by Crippen LogP contribution is 2.09. The quantitative estimate of drug-likeness (QED) is 0.670. The summed E-state index contributed by atoms with van der Waals surface area (Å²) in [6.07, 6.45) is 0.491. The summed E-state index contributed by atoms with van der Waals surface area (Å²) in [5.41, 5.74) is 0.598. The van der Waals surface area contributed by atoms with E-state index in [0.29, 0.717) is 23.8 Å². The van der Waals surface area contributed by atoms with E-state index in [2.05, 4.69) is 32.6 Å². The first-order valence-corrected chi connectivity index (χ1v) is 7.39. The number of carbonyl (C=O) groups is 1. The second-order valence-corrected chi connectivity index (χ2v) is 6.23. The van der Waals surface area contributed by atoms with Crippen molar-refractivity contribution in [1.82, 2.24) is 4.90 Å². The highest BCUT2D eigenvalue weighted by atomic mass is 19.1. The molecule has 0 aromatic heterocycles. The summed E-state index contributed by atoms with van der Waals surface area (Å²) in [4.78, 5) is 14.4. The Bertz CT molecular complexity index is 402. The molecule has 0 N–H and O–H groups in total. The first-order chi connectivity index (χ1) is 9.38. The van der Waals surface area contributed by atoms with Crippen LogP contribution in [0.25, 0.3) is 0 Å². The molecule has 1 rings (SSSR count). The summed E-state index contributed by atoms with van der Waals surface area (Å²) in [6, 6.07) is 5.81. The summed E-state index contributed by atoms with van der Waals surface area (Å²) in [7, 11) is 0. The third kappa shape index (κ3) is 6.29. The Morgan fingerprint density at radius 1 is 1.05 bits per heavy atom. The van der Waals surface area contributed by atoms with Crippen LogP contribution in [0.5, 0.6) is 0 Å². The van der Waals surface area contributed by atoms with Crippen LogP contribution in [0.2, 0.25) is 0 Å². The predicted octanol–water partition coefficient (Wildman–Crippen LogP) is 4.01. The summed E-state index contributed by atoms with van der Waals surface area (Å²) >= 11 is 0. The summed E-state index contributed by atoms with van der Waals surface area (Å²) in [5, 5.41) is 0. The molecule has 0 fully saturated rings. The molecule has 0 heterocycles. The third-order valence-electron chi connectivity index (χ3n) is 3.07. The molecule has 0 unspecified atom stereocenters. The first kappa shape index (κ1) is 16.8. The molecule has 0 spiro atoms. The van der Waals surface area contributed by atoms with Gasteiger partial charge in [-0.3, -0.25) is 4.79 Å². The molecule has 0 radical (unpaired) electrons. The maximum Gasteiger partial charge on any atom is 0.164 e. The monoisotopic (exact) mass is 279 g/mol. The normalized spacial score (nSPS) is 11.6. The van der Waals surface area contributed by atoms with Crippen LogP contribution >= 0.6 is 0 Å². The van der Waals surface area contributed by atoms with Crippen LogP contribution < -0.4 is 0 Å². The zero-order chi connectivity index (χ0) is 15.1. The number of hydrogen-bond acceptors (Lipinski definition) is 2. The lowest BCUT2D eigenvalue weighted by molar-refractivity contribution is 0.0956. The zero-order valence-corrected chi connectivity index (χ0v) is 13.0. The van der Waals surface area contributed by atoms with E-state index in [0.717, 1.165) is 19.6 Å². The molecule has 3 heteroatoms. The van der Waals surface area contributed by atoms with Crippen molar-refractivity contribution in [3.63, 3.8) is 0 Å². The number of ketones is 1. The first-order valence-electron chi connectivity index (χ1n) is 7.39. The molecule has 0 saturated heterocycles. The third-order valence-corrected chi connectivity index (χ3v) is 3.07. The van der Waals surface area contributed by atoms with Crippen LogP contribution in [0, 0.1) is 17.7 Å². The topological polar surface area (TPSA) is 20.3 Å². The summed E-state index contributed by atoms with van der Waals surface area (Å²) < 4.78 is 12.8. The average molecular weight is 279 g/mol. The Hall–Kier alpha value is -1.22. The van der Waals surface area contributed by atoms with E-state index in [-0.39, 0.29) is 11.6 Å². The molecule has 0 atom stereocenters. The van der Waals surface area contributed by atoms with Gasteiger partial charge >= 0.3 is 0 Å². The summed E-state index contributed by atoms with van der Waals surface area (Å²) in [6.45, 7) is 11.5. The van der Waals surface area contributed by atoms with Crippen LogP contribution in [-0.4, -0.2) is 30.3 Å². The minimum Gasteiger partial charge on any atom is -0.302 e. The number of rotatable bonds is 8. The van der Waals surface area contributed by atoms with Gasteiger partial charge in [-0.1, -0.05) is 27.7 Å². The zero-order valence-electron chi connectivity index (χ0n) is 13.0. The van der Waals surface area contributed by atoms with Gasteiger partial charge in [-0.05, 0) is 36.1 Å². The van der Waals surface area contributed by atoms with Gasteiger partial charge in [-0.2, -0.15) is 0 Å². The fourth-order valence-corrected chi connectivity index (χ4v) is 2.33. The van der Waals surface area contributed by atoms with E-state index >= 15 is 0 Å². The van der Waals surface area contributed by atoms with E-state index < -0.39 is 0 Å².